The zero-order chi connectivity index (χ0) is 17.9. The Bertz CT molecular complexity index is 765. The molecule has 8 heteroatoms. The lowest BCUT2D eigenvalue weighted by molar-refractivity contribution is -0.137. The largest absolute Gasteiger partial charge is 0.494 e. The van der Waals surface area contributed by atoms with Gasteiger partial charge >= 0.3 is 5.97 Å². The van der Waals surface area contributed by atoms with Crippen LogP contribution < -0.4 is 10.1 Å². The first-order valence-electron chi connectivity index (χ1n) is 7.35. The van der Waals surface area contributed by atoms with Crippen molar-refractivity contribution in [2.24, 2.45) is 0 Å². The molecule has 0 amide bonds. The first-order valence-corrected chi connectivity index (χ1v) is 8.58. The van der Waals surface area contributed by atoms with Gasteiger partial charge in [0, 0.05) is 11.5 Å². The Hall–Kier alpha value is -1.93. The average molecular weight is 368 g/mol. The molecule has 0 atom stereocenters. The molecule has 0 aliphatic carbocycles. The summed E-state index contributed by atoms with van der Waals surface area (Å²) >= 11 is 6.71. The molecule has 0 radical (unpaired) electrons. The molecule has 2 aromatic rings. The van der Waals surface area contributed by atoms with Crippen molar-refractivity contribution in [3.63, 3.8) is 0 Å². The number of ether oxygens (including phenoxy) is 2. The van der Waals surface area contributed by atoms with Gasteiger partial charge in [0.05, 0.1) is 34.4 Å². The number of thiocarbonyl (C=S) groups is 1. The maximum atomic E-state index is 10.5. The fourth-order valence-corrected chi connectivity index (χ4v) is 3.16. The van der Waals surface area contributed by atoms with Gasteiger partial charge in [-0.1, -0.05) is 20.8 Å². The van der Waals surface area contributed by atoms with Crippen molar-refractivity contribution in [1.82, 2.24) is 4.98 Å². The third-order valence-electron chi connectivity index (χ3n) is 3.14. The van der Waals surface area contributed by atoms with Gasteiger partial charge in [0.2, 0.25) is 0 Å². The van der Waals surface area contributed by atoms with Crippen LogP contribution in [-0.2, 0) is 14.9 Å². The molecule has 6 nitrogen and oxygen atoms in total. The molecule has 0 unspecified atom stereocenters. The molecule has 1 aromatic carbocycles. The number of aliphatic carboxylic acids is 1. The minimum Gasteiger partial charge on any atom is -0.494 e. The molecule has 2 rings (SSSR count). The zero-order valence-electron chi connectivity index (χ0n) is 14.0. The molecule has 0 saturated carbocycles. The first-order chi connectivity index (χ1) is 11.2. The van der Waals surface area contributed by atoms with Crippen molar-refractivity contribution >= 4 is 50.6 Å². The topological polar surface area (TPSA) is 80.7 Å². The number of nitrogens with one attached hydrogen (secondary N) is 1. The molecule has 1 heterocycles. The van der Waals surface area contributed by atoms with E-state index in [1.807, 2.05) is 12.1 Å². The lowest BCUT2D eigenvalue weighted by Crippen LogP contribution is -2.16. The molecule has 0 bridgehead atoms. The molecule has 0 fully saturated rings. The Labute approximate surface area is 149 Å². The van der Waals surface area contributed by atoms with E-state index in [2.05, 4.69) is 31.1 Å². The van der Waals surface area contributed by atoms with Crippen molar-refractivity contribution in [3.8, 4) is 5.75 Å². The molecule has 0 spiro atoms. The van der Waals surface area contributed by atoms with Gasteiger partial charge in [0.1, 0.15) is 12.4 Å². The number of carboxylic acids is 1. The van der Waals surface area contributed by atoms with E-state index < -0.39 is 5.97 Å². The third-order valence-corrected chi connectivity index (χ3v) is 4.80. The molecule has 0 aliphatic rings. The second-order valence-electron chi connectivity index (χ2n) is 6.19. The molecule has 24 heavy (non-hydrogen) atoms. The molecule has 0 saturated heterocycles. The van der Waals surface area contributed by atoms with Crippen LogP contribution in [0.2, 0.25) is 0 Å². The fourth-order valence-electron chi connectivity index (χ4n) is 1.92. The minimum atomic E-state index is -0.934. The van der Waals surface area contributed by atoms with Crippen molar-refractivity contribution < 1.29 is 19.4 Å². The lowest BCUT2D eigenvalue weighted by atomic mass is 9.98. The number of benzene rings is 1. The van der Waals surface area contributed by atoms with Crippen LogP contribution in [0.5, 0.6) is 5.75 Å². The number of methoxy groups -OCH3 is 1. The molecule has 130 valence electrons. The van der Waals surface area contributed by atoms with E-state index in [4.69, 9.17) is 26.8 Å². The number of anilines is 1. The summed E-state index contributed by atoms with van der Waals surface area (Å²) < 4.78 is 11.6. The number of thiazole rings is 1. The Morgan fingerprint density at radius 2 is 2.12 bits per heavy atom. The van der Waals surface area contributed by atoms with Crippen LogP contribution >= 0.6 is 23.6 Å². The number of nitrogens with zero attached hydrogens (tertiary/aromatic N) is 1. The predicted molar refractivity (Wildman–Crippen MR) is 99.3 cm³/mol. The summed E-state index contributed by atoms with van der Waals surface area (Å²) in [5.41, 5.74) is 1.50. The Balaban J connectivity index is 2.22. The van der Waals surface area contributed by atoms with E-state index in [0.29, 0.717) is 11.4 Å². The number of carbonyl (C=O) groups is 1. The fraction of sp³-hybridized carbons (Fsp3) is 0.438. The van der Waals surface area contributed by atoms with Gasteiger partial charge in [-0.2, -0.15) is 0 Å². The monoisotopic (exact) mass is 368 g/mol. The van der Waals surface area contributed by atoms with Gasteiger partial charge in [0.25, 0.3) is 5.17 Å². The van der Waals surface area contributed by atoms with Crippen LogP contribution in [0, 0.1) is 0 Å². The van der Waals surface area contributed by atoms with Gasteiger partial charge < -0.3 is 19.9 Å². The predicted octanol–water partition coefficient (Wildman–Crippen LogP) is 3.79. The highest BCUT2D eigenvalue weighted by Gasteiger charge is 2.20. The maximum Gasteiger partial charge on any atom is 0.306 e. The molecule has 0 aliphatic heterocycles. The molecule has 1 aromatic heterocycles. The van der Waals surface area contributed by atoms with Gasteiger partial charge in [0.15, 0.2) is 0 Å². The van der Waals surface area contributed by atoms with E-state index in [9.17, 15) is 4.79 Å². The Morgan fingerprint density at radius 1 is 1.42 bits per heavy atom. The summed E-state index contributed by atoms with van der Waals surface area (Å²) in [6, 6.07) is 3.76. The summed E-state index contributed by atoms with van der Waals surface area (Å²) in [6.07, 6.45) is -0.109. The molecular weight excluding hydrogens is 348 g/mol. The third kappa shape index (κ3) is 4.55. The van der Waals surface area contributed by atoms with Crippen LogP contribution in [-0.4, -0.2) is 35.0 Å². The van der Waals surface area contributed by atoms with Crippen molar-refractivity contribution in [2.45, 2.75) is 32.6 Å². The lowest BCUT2D eigenvalue weighted by Gasteiger charge is -2.13. The minimum absolute atomic E-state index is 0.0143. The van der Waals surface area contributed by atoms with Gasteiger partial charge in [-0.05, 0) is 18.3 Å². The van der Waals surface area contributed by atoms with Gasteiger partial charge in [-0.3, -0.25) is 4.79 Å². The first kappa shape index (κ1) is 18.4. The van der Waals surface area contributed by atoms with Crippen LogP contribution in [0.4, 0.5) is 5.69 Å². The summed E-state index contributed by atoms with van der Waals surface area (Å²) in [7, 11) is 1.57. The number of aromatic nitrogens is 1. The van der Waals surface area contributed by atoms with Gasteiger partial charge in [-0.25, -0.2) is 4.98 Å². The number of rotatable bonds is 5. The highest BCUT2D eigenvalue weighted by Crippen LogP contribution is 2.36. The standard InChI is InChI=1S/C16H20N2O4S2/c1-16(2,3)14-17-10-7-11(21-4)9(8-12(10)24-14)18-15(23)22-6-5-13(19)20/h7-8H,5-6H2,1-4H3,(H,18,23)(H,19,20). The average Bonchev–Trinajstić information content (AvgIpc) is 2.88. The molecular formula is C16H20N2O4S2. The van der Waals surface area contributed by atoms with Crippen molar-refractivity contribution in [1.29, 1.82) is 0 Å². The van der Waals surface area contributed by atoms with E-state index in [0.717, 1.165) is 15.2 Å². The molecule has 2 N–H and O–H groups in total. The smallest absolute Gasteiger partial charge is 0.306 e. The summed E-state index contributed by atoms with van der Waals surface area (Å²) in [6.45, 7) is 6.37. The highest BCUT2D eigenvalue weighted by molar-refractivity contribution is 7.80. The SMILES string of the molecule is COc1cc2nc(C(C)(C)C)sc2cc1NC(=S)OCCC(=O)O. The van der Waals surface area contributed by atoms with E-state index in [1.165, 1.54) is 0 Å². The summed E-state index contributed by atoms with van der Waals surface area (Å²) in [5, 5.41) is 12.7. The van der Waals surface area contributed by atoms with E-state index in [1.54, 1.807) is 18.4 Å². The summed E-state index contributed by atoms with van der Waals surface area (Å²) in [5.74, 6) is -0.339. The van der Waals surface area contributed by atoms with Gasteiger partial charge in [-0.15, -0.1) is 11.3 Å². The Morgan fingerprint density at radius 3 is 2.71 bits per heavy atom. The second kappa shape index (κ2) is 7.31. The quantitative estimate of drug-likeness (QED) is 0.777. The van der Waals surface area contributed by atoms with Crippen LogP contribution in [0.15, 0.2) is 12.1 Å². The van der Waals surface area contributed by atoms with Crippen LogP contribution in [0.1, 0.15) is 32.2 Å². The van der Waals surface area contributed by atoms with Crippen LogP contribution in [0.3, 0.4) is 0 Å². The number of fused-ring (bicyclic) bond motifs is 1. The normalized spacial score (nSPS) is 11.3. The second-order valence-corrected chi connectivity index (χ2v) is 7.60. The van der Waals surface area contributed by atoms with E-state index in [-0.39, 0.29) is 23.6 Å². The zero-order valence-corrected chi connectivity index (χ0v) is 15.6. The van der Waals surface area contributed by atoms with Crippen molar-refractivity contribution in [2.75, 3.05) is 19.0 Å². The highest BCUT2D eigenvalue weighted by atomic mass is 32.1. The number of hydrogen-bond acceptors (Lipinski definition) is 6. The maximum absolute atomic E-state index is 10.5. The van der Waals surface area contributed by atoms with Crippen LogP contribution in [0.25, 0.3) is 10.2 Å². The Kier molecular flexibility index (Phi) is 5.61. The summed E-state index contributed by atoms with van der Waals surface area (Å²) in [4.78, 5) is 15.2. The van der Waals surface area contributed by atoms with Crippen molar-refractivity contribution in [3.05, 3.63) is 17.1 Å². The number of carboxylic acid groups (broad SMARTS) is 1. The van der Waals surface area contributed by atoms with E-state index >= 15 is 0 Å². The number of hydrogen-bond donors (Lipinski definition) is 2.